The van der Waals surface area contributed by atoms with E-state index in [0.29, 0.717) is 81.6 Å². The van der Waals surface area contributed by atoms with E-state index in [-0.39, 0.29) is 11.5 Å². The molecule has 0 saturated heterocycles. The molecule has 0 aliphatic rings. The van der Waals surface area contributed by atoms with Crippen LogP contribution in [0.4, 0.5) is 0 Å². The van der Waals surface area contributed by atoms with Gasteiger partial charge >= 0.3 is 0 Å². The molecule has 0 radical (unpaired) electrons. The Hall–Kier alpha value is -3.26. The van der Waals surface area contributed by atoms with Crippen LogP contribution in [-0.2, 0) is 32.8 Å². The van der Waals surface area contributed by atoms with E-state index in [1.165, 1.54) is 26.7 Å². The topological polar surface area (TPSA) is 137 Å². The maximum atomic E-state index is 11.4. The quantitative estimate of drug-likeness (QED) is 0.161. The van der Waals surface area contributed by atoms with Crippen LogP contribution in [0.15, 0.2) is 60.7 Å². The monoisotopic (exact) mass is 706 g/mol. The first-order valence-corrected chi connectivity index (χ1v) is 19.1. The zero-order chi connectivity index (χ0) is 33.5. The number of hydrogen-bond donors (Lipinski definition) is 2. The fraction of sp³-hybridized carbons (Fsp3) is 0.312. The predicted octanol–water partition coefficient (Wildman–Crippen LogP) is 5.07. The highest BCUT2D eigenvalue weighted by Gasteiger charge is 2.18. The fourth-order valence-corrected chi connectivity index (χ4v) is 6.38. The van der Waals surface area contributed by atoms with Crippen LogP contribution in [0.1, 0.15) is 11.1 Å². The van der Waals surface area contributed by atoms with Gasteiger partial charge in [0.15, 0.2) is 0 Å². The molecule has 0 bridgehead atoms. The number of sulfone groups is 2. The van der Waals surface area contributed by atoms with Crippen molar-refractivity contribution in [2.45, 2.75) is 13.1 Å². The van der Waals surface area contributed by atoms with Crippen LogP contribution in [-0.4, -0.2) is 78.1 Å². The van der Waals surface area contributed by atoms with Crippen LogP contribution in [0.25, 0.3) is 33.6 Å². The van der Waals surface area contributed by atoms with E-state index in [1.54, 1.807) is 0 Å². The summed E-state index contributed by atoms with van der Waals surface area (Å²) in [4.78, 5) is 9.36. The molecular weight excluding hydrogens is 671 g/mol. The van der Waals surface area contributed by atoms with Crippen LogP contribution in [0.2, 0.25) is 10.0 Å². The van der Waals surface area contributed by atoms with E-state index in [0.717, 1.165) is 11.1 Å². The van der Waals surface area contributed by atoms with Crippen molar-refractivity contribution in [3.05, 3.63) is 81.8 Å². The van der Waals surface area contributed by atoms with Gasteiger partial charge in [-0.1, -0.05) is 71.7 Å². The van der Waals surface area contributed by atoms with Crippen LogP contribution >= 0.6 is 23.2 Å². The Balaban J connectivity index is 1.60. The molecule has 0 aliphatic heterocycles. The maximum Gasteiger partial charge on any atom is 0.218 e. The molecule has 0 atom stereocenters. The number of hydrogen-bond acceptors (Lipinski definition) is 10. The van der Waals surface area contributed by atoms with E-state index < -0.39 is 19.7 Å². The zero-order valence-corrected chi connectivity index (χ0v) is 29.1. The number of pyridine rings is 2. The molecule has 46 heavy (non-hydrogen) atoms. The number of benzene rings is 2. The second-order valence-electron chi connectivity index (χ2n) is 10.7. The van der Waals surface area contributed by atoms with Crippen LogP contribution < -0.4 is 20.1 Å². The molecular formula is C32H36Cl2N4O6S2. The summed E-state index contributed by atoms with van der Waals surface area (Å²) in [6, 6.07) is 18.7. The first kappa shape index (κ1) is 35.6. The lowest BCUT2D eigenvalue weighted by atomic mass is 9.98. The molecule has 0 fully saturated rings. The minimum atomic E-state index is -3.06. The Morgan fingerprint density at radius 3 is 1.33 bits per heavy atom. The van der Waals surface area contributed by atoms with Crippen molar-refractivity contribution < 1.29 is 26.3 Å². The number of aromatic nitrogens is 2. The Kier molecular flexibility index (Phi) is 12.0. The number of nitrogens with zero attached hydrogens (tertiary/aromatic N) is 2. The molecule has 0 saturated carbocycles. The second kappa shape index (κ2) is 15.6. The molecule has 14 heteroatoms. The van der Waals surface area contributed by atoms with Gasteiger partial charge in [0.1, 0.15) is 19.7 Å². The van der Waals surface area contributed by atoms with Gasteiger partial charge in [-0.05, 0) is 12.1 Å². The molecule has 0 unspecified atom stereocenters. The minimum Gasteiger partial charge on any atom is -0.481 e. The zero-order valence-electron chi connectivity index (χ0n) is 25.9. The van der Waals surface area contributed by atoms with E-state index in [1.807, 2.05) is 60.7 Å². The van der Waals surface area contributed by atoms with Crippen molar-refractivity contribution in [3.63, 3.8) is 0 Å². The molecule has 0 aliphatic carbocycles. The minimum absolute atomic E-state index is 0.0361. The van der Waals surface area contributed by atoms with Gasteiger partial charge in [-0.3, -0.25) is 0 Å². The number of halogens is 2. The summed E-state index contributed by atoms with van der Waals surface area (Å²) >= 11 is 14.0. The average Bonchev–Trinajstić information content (AvgIpc) is 3.01. The first-order valence-electron chi connectivity index (χ1n) is 14.2. The number of rotatable bonds is 15. The Bertz CT molecular complexity index is 1780. The molecule has 4 rings (SSSR count). The number of nitrogens with one attached hydrogen (secondary N) is 2. The van der Waals surface area contributed by atoms with Crippen molar-refractivity contribution in [1.82, 2.24) is 20.6 Å². The van der Waals surface area contributed by atoms with Gasteiger partial charge in [0.2, 0.25) is 11.8 Å². The molecule has 2 aromatic heterocycles. The van der Waals surface area contributed by atoms with Gasteiger partial charge in [-0.25, -0.2) is 26.8 Å². The Morgan fingerprint density at radius 1 is 0.609 bits per heavy atom. The standard InChI is InChI=1S/C32H36Cl2N4O6S2/c1-43-31-21(19-35-15-17-45(3,39)40)11-13-27(37-31)25-9-5-7-23(29(25)33)24-8-6-10-26(30(24)34)28-14-12-22(32(38-28)44-2)20-36-16-18-46(4,41)42/h5-14,35-36H,15-20H2,1-4H3. The van der Waals surface area contributed by atoms with Gasteiger partial charge in [-0.2, -0.15) is 0 Å². The number of ether oxygens (including phenoxy) is 2. The summed E-state index contributed by atoms with van der Waals surface area (Å²) in [7, 11) is -3.07. The van der Waals surface area contributed by atoms with Gasteiger partial charge in [0, 0.05) is 72.1 Å². The summed E-state index contributed by atoms with van der Waals surface area (Å²) in [5.41, 5.74) is 5.54. The molecule has 246 valence electrons. The van der Waals surface area contributed by atoms with E-state index >= 15 is 0 Å². The highest BCUT2D eigenvalue weighted by molar-refractivity contribution is 7.90. The largest absolute Gasteiger partial charge is 0.481 e. The SMILES string of the molecule is COc1nc(-c2cccc(-c3cccc(-c4ccc(CNCCS(C)(=O)=O)c(OC)n4)c3Cl)c2Cl)ccc1CNCCS(C)(=O)=O. The molecule has 4 aromatic rings. The second-order valence-corrected chi connectivity index (χ2v) is 16.0. The maximum absolute atomic E-state index is 11.4. The number of methoxy groups -OCH3 is 2. The predicted molar refractivity (Wildman–Crippen MR) is 184 cm³/mol. The third-order valence-electron chi connectivity index (χ3n) is 7.03. The van der Waals surface area contributed by atoms with Gasteiger partial charge in [-0.15, -0.1) is 0 Å². The van der Waals surface area contributed by atoms with Crippen LogP contribution in [0, 0.1) is 0 Å². The fourth-order valence-electron chi connectivity index (χ4n) is 4.70. The lowest BCUT2D eigenvalue weighted by molar-refractivity contribution is 0.391. The lowest BCUT2D eigenvalue weighted by Gasteiger charge is -2.15. The molecule has 2 heterocycles. The summed E-state index contributed by atoms with van der Waals surface area (Å²) in [6.45, 7) is 1.41. The molecule has 2 N–H and O–H groups in total. The van der Waals surface area contributed by atoms with Crippen molar-refractivity contribution in [2.24, 2.45) is 0 Å². The van der Waals surface area contributed by atoms with Crippen LogP contribution in [0.5, 0.6) is 11.8 Å². The third kappa shape index (κ3) is 9.40. The Labute approximate surface area is 280 Å². The smallest absolute Gasteiger partial charge is 0.218 e. The summed E-state index contributed by atoms with van der Waals surface area (Å²) < 4.78 is 56.7. The normalized spacial score (nSPS) is 11.9. The lowest BCUT2D eigenvalue weighted by Crippen LogP contribution is -2.22. The average molecular weight is 708 g/mol. The molecule has 10 nitrogen and oxygen atoms in total. The Morgan fingerprint density at radius 2 is 0.978 bits per heavy atom. The highest BCUT2D eigenvalue weighted by Crippen LogP contribution is 2.42. The van der Waals surface area contributed by atoms with Gasteiger partial charge < -0.3 is 20.1 Å². The van der Waals surface area contributed by atoms with Crippen molar-refractivity contribution in [3.8, 4) is 45.4 Å². The van der Waals surface area contributed by atoms with Crippen molar-refractivity contribution in [1.29, 1.82) is 0 Å². The third-order valence-corrected chi connectivity index (χ3v) is 9.74. The summed E-state index contributed by atoms with van der Waals surface area (Å²) in [5.74, 6) is 0.878. The van der Waals surface area contributed by atoms with Gasteiger partial charge in [0.05, 0.1) is 47.2 Å². The van der Waals surface area contributed by atoms with Crippen molar-refractivity contribution >= 4 is 42.9 Å². The summed E-state index contributed by atoms with van der Waals surface area (Å²) in [5, 5.41) is 7.13. The highest BCUT2D eigenvalue weighted by atomic mass is 35.5. The van der Waals surface area contributed by atoms with E-state index in [2.05, 4.69) is 20.6 Å². The van der Waals surface area contributed by atoms with Gasteiger partial charge in [0.25, 0.3) is 0 Å². The first-order chi connectivity index (χ1) is 21.8. The molecule has 0 spiro atoms. The van der Waals surface area contributed by atoms with Crippen LogP contribution in [0.3, 0.4) is 0 Å². The molecule has 0 amide bonds. The summed E-state index contributed by atoms with van der Waals surface area (Å²) in [6.07, 6.45) is 2.40. The molecule has 2 aromatic carbocycles. The van der Waals surface area contributed by atoms with Crippen molar-refractivity contribution in [2.75, 3.05) is 51.3 Å². The van der Waals surface area contributed by atoms with E-state index in [9.17, 15) is 16.8 Å². The van der Waals surface area contributed by atoms with E-state index in [4.69, 9.17) is 32.7 Å².